The average molecular weight is 228 g/mol. The van der Waals surface area contributed by atoms with Crippen molar-refractivity contribution in [2.75, 3.05) is 0 Å². The van der Waals surface area contributed by atoms with Crippen LogP contribution >= 0.6 is 0 Å². The lowest BCUT2D eigenvalue weighted by molar-refractivity contribution is 0.470. The fourth-order valence-corrected chi connectivity index (χ4v) is 2.86. The van der Waals surface area contributed by atoms with E-state index in [4.69, 9.17) is 0 Å². The van der Waals surface area contributed by atoms with E-state index in [2.05, 4.69) is 50.3 Å². The van der Waals surface area contributed by atoms with Gasteiger partial charge in [0.15, 0.2) is 0 Å². The van der Waals surface area contributed by atoms with E-state index in [1.54, 1.807) is 11.1 Å². The average Bonchev–Trinajstić information content (AvgIpc) is 2.37. The van der Waals surface area contributed by atoms with Gasteiger partial charge in [-0.2, -0.15) is 0 Å². The second kappa shape index (κ2) is 6.05. The smallest absolute Gasteiger partial charge is 0.0125 e. The van der Waals surface area contributed by atoms with Crippen LogP contribution in [-0.4, -0.2) is 0 Å². The van der Waals surface area contributed by atoms with Crippen molar-refractivity contribution in [3.8, 4) is 0 Å². The van der Waals surface area contributed by atoms with Crippen LogP contribution in [0.5, 0.6) is 0 Å². The van der Waals surface area contributed by atoms with E-state index in [-0.39, 0.29) is 0 Å². The van der Waals surface area contributed by atoms with Crippen LogP contribution in [0.25, 0.3) is 0 Å². The molecule has 0 saturated carbocycles. The first-order valence-electron chi connectivity index (χ1n) is 7.07. The van der Waals surface area contributed by atoms with Gasteiger partial charge in [0.2, 0.25) is 0 Å². The van der Waals surface area contributed by atoms with Crippen LogP contribution in [-0.2, 0) is 6.42 Å². The Hall–Kier alpha value is -1.04. The zero-order chi connectivity index (χ0) is 12.1. The highest BCUT2D eigenvalue weighted by molar-refractivity contribution is 5.33. The molecule has 0 unspecified atom stereocenters. The molecule has 1 aliphatic carbocycles. The van der Waals surface area contributed by atoms with Gasteiger partial charge in [0, 0.05) is 0 Å². The Morgan fingerprint density at radius 2 is 2.12 bits per heavy atom. The summed E-state index contributed by atoms with van der Waals surface area (Å²) in [4.78, 5) is 0. The Morgan fingerprint density at radius 1 is 1.29 bits per heavy atom. The standard InChI is InChI=1S/C17H24/c1-3-4-5-6-9-15-12-13-16-10-7-8-11-17(16)14(15)2/h6-11,14-15H,3-5,12-13H2,1-2H3/b9-6+/t14-,15+/m0/s1. The Bertz CT molecular complexity index is 375. The largest absolute Gasteiger partial charge is 0.0882 e. The van der Waals surface area contributed by atoms with Crippen LogP contribution < -0.4 is 0 Å². The maximum Gasteiger partial charge on any atom is -0.0125 e. The van der Waals surface area contributed by atoms with E-state index in [9.17, 15) is 0 Å². The summed E-state index contributed by atoms with van der Waals surface area (Å²) < 4.78 is 0. The van der Waals surface area contributed by atoms with Crippen molar-refractivity contribution < 1.29 is 0 Å². The second-order valence-electron chi connectivity index (χ2n) is 5.26. The second-order valence-corrected chi connectivity index (χ2v) is 5.26. The molecule has 0 heteroatoms. The van der Waals surface area contributed by atoms with Crippen molar-refractivity contribution in [1.29, 1.82) is 0 Å². The third-order valence-electron chi connectivity index (χ3n) is 4.04. The van der Waals surface area contributed by atoms with Crippen molar-refractivity contribution in [3.63, 3.8) is 0 Å². The normalized spacial score (nSPS) is 23.9. The molecule has 0 nitrogen and oxygen atoms in total. The van der Waals surface area contributed by atoms with Crippen LogP contribution in [0.15, 0.2) is 36.4 Å². The molecule has 0 heterocycles. The predicted octanol–water partition coefficient (Wildman–Crippen LogP) is 5.10. The zero-order valence-corrected chi connectivity index (χ0v) is 11.2. The van der Waals surface area contributed by atoms with Crippen molar-refractivity contribution in [1.82, 2.24) is 0 Å². The molecule has 1 aliphatic rings. The monoisotopic (exact) mass is 228 g/mol. The molecule has 0 amide bonds. The van der Waals surface area contributed by atoms with Crippen molar-refractivity contribution >= 4 is 0 Å². The lowest BCUT2D eigenvalue weighted by Gasteiger charge is -2.29. The molecule has 0 bridgehead atoms. The van der Waals surface area contributed by atoms with Gasteiger partial charge in [0.05, 0.1) is 0 Å². The van der Waals surface area contributed by atoms with Gasteiger partial charge in [-0.25, -0.2) is 0 Å². The fourth-order valence-electron chi connectivity index (χ4n) is 2.86. The van der Waals surface area contributed by atoms with Gasteiger partial charge in [-0.05, 0) is 42.2 Å². The summed E-state index contributed by atoms with van der Waals surface area (Å²) >= 11 is 0. The maximum atomic E-state index is 2.47. The first kappa shape index (κ1) is 12.4. The number of fused-ring (bicyclic) bond motifs is 1. The highest BCUT2D eigenvalue weighted by Gasteiger charge is 2.23. The summed E-state index contributed by atoms with van der Waals surface area (Å²) in [6.07, 6.45) is 11.3. The fraction of sp³-hybridized carbons (Fsp3) is 0.529. The lowest BCUT2D eigenvalue weighted by Crippen LogP contribution is -2.16. The predicted molar refractivity (Wildman–Crippen MR) is 75.3 cm³/mol. The third kappa shape index (κ3) is 3.00. The number of rotatable bonds is 4. The highest BCUT2D eigenvalue weighted by atomic mass is 14.3. The molecule has 0 spiro atoms. The molecule has 0 N–H and O–H groups in total. The van der Waals surface area contributed by atoms with Crippen LogP contribution in [0.1, 0.15) is 56.6 Å². The first-order chi connectivity index (χ1) is 8.33. The number of hydrogen-bond acceptors (Lipinski definition) is 0. The van der Waals surface area contributed by atoms with Gasteiger partial charge in [-0.1, -0.05) is 63.1 Å². The first-order valence-corrected chi connectivity index (χ1v) is 7.07. The van der Waals surface area contributed by atoms with E-state index in [0.717, 1.165) is 5.92 Å². The molecule has 1 aromatic rings. The molecule has 2 atom stereocenters. The van der Waals surface area contributed by atoms with Crippen LogP contribution in [0, 0.1) is 5.92 Å². The van der Waals surface area contributed by atoms with Crippen LogP contribution in [0.4, 0.5) is 0 Å². The topological polar surface area (TPSA) is 0 Å². The van der Waals surface area contributed by atoms with E-state index >= 15 is 0 Å². The maximum absolute atomic E-state index is 2.47. The molecule has 0 aliphatic heterocycles. The van der Waals surface area contributed by atoms with Gasteiger partial charge < -0.3 is 0 Å². The number of benzene rings is 1. The molecule has 0 aromatic heterocycles. The molecule has 1 aromatic carbocycles. The number of hydrogen-bond donors (Lipinski definition) is 0. The van der Waals surface area contributed by atoms with Crippen molar-refractivity contribution in [2.24, 2.45) is 5.92 Å². The minimum Gasteiger partial charge on any atom is -0.0882 e. The van der Waals surface area contributed by atoms with Gasteiger partial charge in [-0.3, -0.25) is 0 Å². The van der Waals surface area contributed by atoms with Gasteiger partial charge in [0.25, 0.3) is 0 Å². The minimum absolute atomic E-state index is 0.692. The lowest BCUT2D eigenvalue weighted by atomic mass is 9.76. The molecule has 0 radical (unpaired) electrons. The molecule has 2 rings (SSSR count). The van der Waals surface area contributed by atoms with Crippen LogP contribution in [0.2, 0.25) is 0 Å². The number of allylic oxidation sites excluding steroid dienone is 2. The summed E-state index contributed by atoms with van der Waals surface area (Å²) in [6.45, 7) is 4.64. The van der Waals surface area contributed by atoms with E-state index in [1.807, 2.05) is 0 Å². The Morgan fingerprint density at radius 3 is 2.94 bits per heavy atom. The number of aryl methyl sites for hydroxylation is 1. The van der Waals surface area contributed by atoms with Gasteiger partial charge >= 0.3 is 0 Å². The number of unbranched alkanes of at least 4 members (excludes halogenated alkanes) is 2. The Kier molecular flexibility index (Phi) is 4.42. The Labute approximate surface area is 106 Å². The van der Waals surface area contributed by atoms with Crippen molar-refractivity contribution in [3.05, 3.63) is 47.5 Å². The summed E-state index contributed by atoms with van der Waals surface area (Å²) in [6, 6.07) is 8.95. The van der Waals surface area contributed by atoms with Crippen molar-refractivity contribution in [2.45, 2.75) is 51.9 Å². The molecule has 0 fully saturated rings. The summed E-state index contributed by atoms with van der Waals surface area (Å²) in [5.41, 5.74) is 3.14. The van der Waals surface area contributed by atoms with Crippen LogP contribution in [0.3, 0.4) is 0 Å². The van der Waals surface area contributed by atoms with Gasteiger partial charge in [0.1, 0.15) is 0 Å². The van der Waals surface area contributed by atoms with E-state index < -0.39 is 0 Å². The zero-order valence-electron chi connectivity index (χ0n) is 11.2. The highest BCUT2D eigenvalue weighted by Crippen LogP contribution is 2.36. The Balaban J connectivity index is 2.02. The molecule has 17 heavy (non-hydrogen) atoms. The molecular weight excluding hydrogens is 204 g/mol. The van der Waals surface area contributed by atoms with E-state index in [1.165, 1.54) is 32.1 Å². The summed E-state index contributed by atoms with van der Waals surface area (Å²) in [7, 11) is 0. The SMILES string of the molecule is CCCC/C=C/[C@@H]1CCc2ccccc2[C@H]1C. The quantitative estimate of drug-likeness (QED) is 0.497. The summed E-state index contributed by atoms with van der Waals surface area (Å²) in [5.74, 6) is 1.44. The van der Waals surface area contributed by atoms with E-state index in [0.29, 0.717) is 5.92 Å². The summed E-state index contributed by atoms with van der Waals surface area (Å²) in [5, 5.41) is 0. The third-order valence-corrected chi connectivity index (χ3v) is 4.04. The van der Waals surface area contributed by atoms with Gasteiger partial charge in [-0.15, -0.1) is 0 Å². The molecular formula is C17H24. The minimum atomic E-state index is 0.692. The molecule has 0 saturated heterocycles. The molecule has 92 valence electrons.